The van der Waals surface area contributed by atoms with Gasteiger partial charge >= 0.3 is 11.9 Å². The average molecular weight is 694 g/mol. The predicted octanol–water partition coefficient (Wildman–Crippen LogP) is 8.60. The standard InChI is InChI=1S/C36H71NO4.CH4O4S/c1-5-7-9-11-13-15-17-19-21-23-25-27-29-31-34(38)40-36(33-37(3)4)41-35(39)32-30-28-26-24-22-20-18-16-14-12-10-8-6-2;1-5-6(2,3)4/h36H,5-33H2,1-4H3;1H3,(H,2,3,4). The lowest BCUT2D eigenvalue weighted by atomic mass is 10.0. The van der Waals surface area contributed by atoms with Gasteiger partial charge < -0.3 is 18.9 Å². The fourth-order valence-electron chi connectivity index (χ4n) is 5.43. The van der Waals surface area contributed by atoms with E-state index < -0.39 is 16.7 Å². The minimum absolute atomic E-state index is 0.243. The molecule has 0 aromatic heterocycles. The molecule has 0 aliphatic rings. The van der Waals surface area contributed by atoms with Gasteiger partial charge in [0.25, 0.3) is 6.29 Å². The second-order valence-corrected chi connectivity index (χ2v) is 14.5. The molecule has 0 heterocycles. The van der Waals surface area contributed by atoms with Gasteiger partial charge in [0.15, 0.2) is 6.54 Å². The molecule has 47 heavy (non-hydrogen) atoms. The van der Waals surface area contributed by atoms with Crippen LogP contribution in [0.3, 0.4) is 0 Å². The van der Waals surface area contributed by atoms with E-state index in [1.165, 1.54) is 141 Å². The molecule has 0 saturated carbocycles. The van der Waals surface area contributed by atoms with Gasteiger partial charge in [0, 0.05) is 12.8 Å². The number of carbonyl (C=O) groups is 2. The first-order valence-corrected chi connectivity index (χ1v) is 20.6. The van der Waals surface area contributed by atoms with Crippen molar-refractivity contribution in [2.75, 3.05) is 27.7 Å². The first-order chi connectivity index (χ1) is 22.6. The van der Waals surface area contributed by atoms with E-state index in [2.05, 4.69) is 18.0 Å². The Hall–Kier alpha value is -1.23. The molecule has 0 aromatic rings. The van der Waals surface area contributed by atoms with Crippen LogP contribution < -0.4 is 4.90 Å². The van der Waals surface area contributed by atoms with Gasteiger partial charge in [-0.1, -0.05) is 168 Å². The number of ether oxygens (including phenoxy) is 2. The second-order valence-electron chi connectivity index (χ2n) is 13.4. The third-order valence-electron chi connectivity index (χ3n) is 8.27. The van der Waals surface area contributed by atoms with Gasteiger partial charge in [0.05, 0.1) is 21.2 Å². The van der Waals surface area contributed by atoms with Crippen molar-refractivity contribution in [3.05, 3.63) is 0 Å². The van der Waals surface area contributed by atoms with Crippen molar-refractivity contribution in [2.24, 2.45) is 0 Å². The van der Waals surface area contributed by atoms with Crippen LogP contribution in [0.1, 0.15) is 194 Å². The lowest BCUT2D eigenvalue weighted by Gasteiger charge is -2.19. The topological polar surface area (TPSA) is 123 Å². The minimum Gasteiger partial charge on any atom is -0.726 e. The summed E-state index contributed by atoms with van der Waals surface area (Å²) in [5.74, 6) is -0.485. The minimum atomic E-state index is -4.41. The molecule has 10 heteroatoms. The summed E-state index contributed by atoms with van der Waals surface area (Å²) in [7, 11) is 0.355. The highest BCUT2D eigenvalue weighted by molar-refractivity contribution is 7.80. The van der Waals surface area contributed by atoms with E-state index in [1.54, 1.807) is 0 Å². The summed E-state index contributed by atoms with van der Waals surface area (Å²) in [6.07, 6.45) is 33.4. The average Bonchev–Trinajstić information content (AvgIpc) is 3.01. The molecule has 0 fully saturated rings. The Kier molecular flexibility index (Phi) is 36.7. The van der Waals surface area contributed by atoms with E-state index in [4.69, 9.17) is 9.47 Å². The van der Waals surface area contributed by atoms with E-state index in [9.17, 15) is 22.6 Å². The fraction of sp³-hybridized carbons (Fsp3) is 0.946. The van der Waals surface area contributed by atoms with Crippen molar-refractivity contribution in [3.63, 3.8) is 0 Å². The summed E-state index contributed by atoms with van der Waals surface area (Å²) in [6.45, 7) is 5.02. The molecule has 0 amide bonds. The summed E-state index contributed by atoms with van der Waals surface area (Å²) in [5.41, 5.74) is 0. The number of hydrogen-bond donors (Lipinski definition) is 1. The van der Waals surface area contributed by atoms with Crippen molar-refractivity contribution < 1.29 is 41.1 Å². The summed E-state index contributed by atoms with van der Waals surface area (Å²) in [6, 6.07) is 0. The Bertz CT molecular complexity index is 747. The number of hydrogen-bond acceptors (Lipinski definition) is 8. The molecule has 9 nitrogen and oxygen atoms in total. The van der Waals surface area contributed by atoms with E-state index >= 15 is 0 Å². The van der Waals surface area contributed by atoms with Crippen molar-refractivity contribution in [1.82, 2.24) is 0 Å². The number of rotatable bonds is 33. The zero-order valence-electron chi connectivity index (χ0n) is 31.3. The fourth-order valence-corrected chi connectivity index (χ4v) is 5.43. The van der Waals surface area contributed by atoms with Gasteiger partial charge in [0.1, 0.15) is 0 Å². The maximum absolute atomic E-state index is 12.4. The van der Waals surface area contributed by atoms with Crippen LogP contribution >= 0.6 is 0 Å². The van der Waals surface area contributed by atoms with Crippen molar-refractivity contribution in [2.45, 2.75) is 200 Å². The lowest BCUT2D eigenvalue weighted by molar-refractivity contribution is -0.864. The highest BCUT2D eigenvalue weighted by atomic mass is 32.3. The van der Waals surface area contributed by atoms with Crippen LogP contribution in [0, 0.1) is 0 Å². The highest BCUT2D eigenvalue weighted by Crippen LogP contribution is 2.15. The Morgan fingerprint density at radius 3 is 0.979 bits per heavy atom. The zero-order chi connectivity index (χ0) is 35.4. The molecule has 0 radical (unpaired) electrons. The molecule has 0 unspecified atom stereocenters. The Morgan fingerprint density at radius 2 is 0.766 bits per heavy atom. The Balaban J connectivity index is 0. The van der Waals surface area contributed by atoms with Crippen LogP contribution in [0.25, 0.3) is 0 Å². The number of esters is 2. The number of carbonyl (C=O) groups excluding carboxylic acids is 2. The van der Waals surface area contributed by atoms with Crippen LogP contribution in [-0.4, -0.2) is 58.9 Å². The molecule has 0 bridgehead atoms. The van der Waals surface area contributed by atoms with Crippen molar-refractivity contribution >= 4 is 22.3 Å². The molecular formula is C37H75NO8S. The maximum atomic E-state index is 12.4. The SMILES string of the molecule is CCCCCCCCCCCCCCCC(=O)OC(C[NH+](C)C)OC(=O)CCCCCCCCCCCCCCC.COS(=O)(=O)[O-]. The van der Waals surface area contributed by atoms with E-state index in [1.807, 2.05) is 14.1 Å². The lowest BCUT2D eigenvalue weighted by Crippen LogP contribution is -3.07. The predicted molar refractivity (Wildman–Crippen MR) is 191 cm³/mol. The molecule has 0 rings (SSSR count). The van der Waals surface area contributed by atoms with Gasteiger partial charge in [-0.2, -0.15) is 0 Å². The number of unbranched alkanes of at least 4 members (excludes halogenated alkanes) is 24. The number of likely N-dealkylation sites (N-methyl/N-ethyl adjacent to an activating group) is 1. The van der Waals surface area contributed by atoms with E-state index in [0.717, 1.165) is 37.7 Å². The summed E-state index contributed by atoms with van der Waals surface area (Å²) < 4.78 is 42.1. The summed E-state index contributed by atoms with van der Waals surface area (Å²) >= 11 is 0. The summed E-state index contributed by atoms with van der Waals surface area (Å²) in [4.78, 5) is 25.9. The van der Waals surface area contributed by atoms with Crippen molar-refractivity contribution in [1.29, 1.82) is 0 Å². The van der Waals surface area contributed by atoms with E-state index in [-0.39, 0.29) is 11.9 Å². The van der Waals surface area contributed by atoms with Crippen LogP contribution in [0.15, 0.2) is 0 Å². The second kappa shape index (κ2) is 36.1. The maximum Gasteiger partial charge on any atom is 0.309 e. The first-order valence-electron chi connectivity index (χ1n) is 19.2. The van der Waals surface area contributed by atoms with Crippen LogP contribution in [0.4, 0.5) is 0 Å². The molecule has 1 N–H and O–H groups in total. The van der Waals surface area contributed by atoms with Gasteiger partial charge in [0.2, 0.25) is 10.4 Å². The van der Waals surface area contributed by atoms with Gasteiger partial charge in [-0.25, -0.2) is 8.42 Å². The third kappa shape index (κ3) is 42.7. The molecule has 0 saturated heterocycles. The molecule has 0 atom stereocenters. The Labute approximate surface area is 290 Å². The normalized spacial score (nSPS) is 11.5. The first kappa shape index (κ1) is 47.9. The van der Waals surface area contributed by atoms with Crippen LogP contribution in [0.5, 0.6) is 0 Å². The largest absolute Gasteiger partial charge is 0.726 e. The van der Waals surface area contributed by atoms with E-state index in [0.29, 0.717) is 19.4 Å². The molecule has 282 valence electrons. The molecule has 0 aromatic carbocycles. The highest BCUT2D eigenvalue weighted by Gasteiger charge is 2.21. The number of quaternary nitrogens is 1. The van der Waals surface area contributed by atoms with Crippen molar-refractivity contribution in [3.8, 4) is 0 Å². The van der Waals surface area contributed by atoms with Gasteiger partial charge in [-0.05, 0) is 12.8 Å². The van der Waals surface area contributed by atoms with Crippen LogP contribution in [-0.2, 0) is 33.6 Å². The molecule has 0 aliphatic heterocycles. The molecule has 0 aliphatic carbocycles. The summed E-state index contributed by atoms with van der Waals surface area (Å²) in [5, 5.41) is 0. The smallest absolute Gasteiger partial charge is 0.309 e. The third-order valence-corrected chi connectivity index (χ3v) is 8.68. The van der Waals surface area contributed by atoms with Gasteiger partial charge in [-0.3, -0.25) is 13.8 Å². The molecular weight excluding hydrogens is 618 g/mol. The Morgan fingerprint density at radius 1 is 0.532 bits per heavy atom. The number of nitrogens with one attached hydrogen (secondary N) is 1. The monoisotopic (exact) mass is 694 g/mol. The quantitative estimate of drug-likeness (QED) is 0.0238. The zero-order valence-corrected chi connectivity index (χ0v) is 32.1. The molecule has 0 spiro atoms. The van der Waals surface area contributed by atoms with Crippen LogP contribution in [0.2, 0.25) is 0 Å². The van der Waals surface area contributed by atoms with Gasteiger partial charge in [-0.15, -0.1) is 0 Å².